The molecule has 0 saturated heterocycles. The highest BCUT2D eigenvalue weighted by molar-refractivity contribution is 5.89. The Morgan fingerprint density at radius 1 is 1.19 bits per heavy atom. The van der Waals surface area contributed by atoms with Gasteiger partial charge in [0, 0.05) is 12.0 Å². The van der Waals surface area contributed by atoms with Gasteiger partial charge in [0.2, 0.25) is 0 Å². The number of hydrogen-bond acceptors (Lipinski definition) is 4. The van der Waals surface area contributed by atoms with Crippen LogP contribution in [0.25, 0.3) is 0 Å². The largest absolute Gasteiger partial charge is 0.469 e. The van der Waals surface area contributed by atoms with Gasteiger partial charge in [0.1, 0.15) is 0 Å². The summed E-state index contributed by atoms with van der Waals surface area (Å²) in [5.74, 6) is -0.413. The average molecular weight is 226 g/mol. The smallest absolute Gasteiger partial charge is 0.333 e. The highest BCUT2D eigenvalue weighted by Crippen LogP contribution is 2.30. The van der Waals surface area contributed by atoms with Gasteiger partial charge in [-0.15, -0.1) is 0 Å². The van der Waals surface area contributed by atoms with E-state index in [-0.39, 0.29) is 11.9 Å². The Hall–Kier alpha value is -1.32. The van der Waals surface area contributed by atoms with Crippen LogP contribution in [0.1, 0.15) is 38.5 Å². The molecule has 90 valence electrons. The molecule has 0 N–H and O–H groups in total. The van der Waals surface area contributed by atoms with Gasteiger partial charge in [0.05, 0.1) is 14.2 Å². The molecule has 1 rings (SSSR count). The number of allylic oxidation sites excluding steroid dienone is 1. The number of methoxy groups -OCH3 is 2. The fourth-order valence-corrected chi connectivity index (χ4v) is 2.00. The molecule has 0 heterocycles. The van der Waals surface area contributed by atoms with Crippen molar-refractivity contribution in [1.82, 2.24) is 0 Å². The van der Waals surface area contributed by atoms with E-state index in [9.17, 15) is 9.59 Å². The van der Waals surface area contributed by atoms with Crippen molar-refractivity contribution >= 4 is 11.9 Å². The molecule has 0 saturated carbocycles. The molecule has 4 nitrogen and oxygen atoms in total. The Labute approximate surface area is 95.6 Å². The highest BCUT2D eigenvalue weighted by atomic mass is 16.5. The van der Waals surface area contributed by atoms with E-state index in [4.69, 9.17) is 4.74 Å². The Morgan fingerprint density at radius 2 is 1.94 bits per heavy atom. The molecule has 0 aromatic rings. The van der Waals surface area contributed by atoms with Crippen LogP contribution in [-0.4, -0.2) is 26.2 Å². The number of esters is 2. The van der Waals surface area contributed by atoms with Crippen molar-refractivity contribution in [3.05, 3.63) is 11.1 Å². The molecular formula is C12H18O4. The van der Waals surface area contributed by atoms with Crippen LogP contribution in [-0.2, 0) is 19.1 Å². The molecule has 0 radical (unpaired) electrons. The molecular weight excluding hydrogens is 208 g/mol. The van der Waals surface area contributed by atoms with Gasteiger partial charge < -0.3 is 9.47 Å². The third-order valence-electron chi connectivity index (χ3n) is 2.85. The van der Waals surface area contributed by atoms with Gasteiger partial charge in [-0.3, -0.25) is 4.79 Å². The van der Waals surface area contributed by atoms with E-state index in [0.717, 1.165) is 43.3 Å². The molecule has 0 atom stereocenters. The van der Waals surface area contributed by atoms with E-state index in [1.807, 2.05) is 0 Å². The summed E-state index contributed by atoms with van der Waals surface area (Å²) in [4.78, 5) is 22.3. The molecule has 16 heavy (non-hydrogen) atoms. The number of carbonyl (C=O) groups excluding carboxylic acids is 2. The van der Waals surface area contributed by atoms with Crippen LogP contribution < -0.4 is 0 Å². The van der Waals surface area contributed by atoms with Crippen molar-refractivity contribution in [3.63, 3.8) is 0 Å². The summed E-state index contributed by atoms with van der Waals surface area (Å²) in [7, 11) is 2.79. The summed E-state index contributed by atoms with van der Waals surface area (Å²) in [5, 5.41) is 0. The van der Waals surface area contributed by atoms with Gasteiger partial charge >= 0.3 is 11.9 Å². The van der Waals surface area contributed by atoms with Crippen molar-refractivity contribution < 1.29 is 19.1 Å². The molecule has 0 aromatic carbocycles. The maximum atomic E-state index is 11.4. The summed E-state index contributed by atoms with van der Waals surface area (Å²) >= 11 is 0. The fourth-order valence-electron chi connectivity index (χ4n) is 2.00. The van der Waals surface area contributed by atoms with E-state index in [0.29, 0.717) is 6.42 Å². The van der Waals surface area contributed by atoms with Crippen molar-refractivity contribution in [2.45, 2.75) is 38.5 Å². The molecule has 4 heteroatoms. The summed E-state index contributed by atoms with van der Waals surface area (Å²) in [6.07, 6.45) is 4.71. The quantitative estimate of drug-likeness (QED) is 0.673. The van der Waals surface area contributed by atoms with Crippen LogP contribution in [0.3, 0.4) is 0 Å². The van der Waals surface area contributed by atoms with Crippen LogP contribution in [0.2, 0.25) is 0 Å². The molecule has 0 aliphatic heterocycles. The Morgan fingerprint density at radius 3 is 2.56 bits per heavy atom. The predicted molar refractivity (Wildman–Crippen MR) is 58.8 cm³/mol. The van der Waals surface area contributed by atoms with Crippen LogP contribution in [0, 0.1) is 0 Å². The van der Waals surface area contributed by atoms with Gasteiger partial charge in [-0.05, 0) is 32.1 Å². The highest BCUT2D eigenvalue weighted by Gasteiger charge is 2.20. The van der Waals surface area contributed by atoms with Crippen LogP contribution in [0.15, 0.2) is 11.1 Å². The second-order valence-electron chi connectivity index (χ2n) is 3.86. The fraction of sp³-hybridized carbons (Fsp3) is 0.667. The Balaban J connectivity index is 2.45. The van der Waals surface area contributed by atoms with Crippen molar-refractivity contribution in [2.24, 2.45) is 0 Å². The third-order valence-corrected chi connectivity index (χ3v) is 2.85. The normalized spacial score (nSPS) is 15.1. The zero-order valence-corrected chi connectivity index (χ0v) is 9.88. The summed E-state index contributed by atoms with van der Waals surface area (Å²) in [5.41, 5.74) is 1.96. The lowest BCUT2D eigenvalue weighted by Gasteiger charge is -2.05. The molecule has 0 aromatic heterocycles. The molecule has 0 spiro atoms. The number of carbonyl (C=O) groups is 2. The zero-order valence-electron chi connectivity index (χ0n) is 9.88. The van der Waals surface area contributed by atoms with Gasteiger partial charge in [-0.25, -0.2) is 4.79 Å². The van der Waals surface area contributed by atoms with Gasteiger partial charge in [-0.1, -0.05) is 5.57 Å². The van der Waals surface area contributed by atoms with E-state index in [1.165, 1.54) is 14.2 Å². The van der Waals surface area contributed by atoms with Crippen molar-refractivity contribution in [3.8, 4) is 0 Å². The topological polar surface area (TPSA) is 52.6 Å². The van der Waals surface area contributed by atoms with E-state index in [2.05, 4.69) is 4.74 Å². The van der Waals surface area contributed by atoms with E-state index < -0.39 is 0 Å². The third kappa shape index (κ3) is 3.36. The number of rotatable bonds is 5. The second-order valence-corrected chi connectivity index (χ2v) is 3.86. The first-order valence-electron chi connectivity index (χ1n) is 5.55. The zero-order chi connectivity index (χ0) is 12.0. The molecule has 0 bridgehead atoms. The van der Waals surface area contributed by atoms with Gasteiger partial charge in [0.25, 0.3) is 0 Å². The van der Waals surface area contributed by atoms with Gasteiger partial charge in [0.15, 0.2) is 0 Å². The van der Waals surface area contributed by atoms with Crippen molar-refractivity contribution in [2.75, 3.05) is 14.2 Å². The van der Waals surface area contributed by atoms with E-state index in [1.54, 1.807) is 0 Å². The first kappa shape index (κ1) is 12.7. The number of ether oxygens (including phenoxy) is 2. The summed E-state index contributed by atoms with van der Waals surface area (Å²) < 4.78 is 9.29. The lowest BCUT2D eigenvalue weighted by atomic mass is 10.0. The molecule has 1 aliphatic carbocycles. The van der Waals surface area contributed by atoms with Crippen LogP contribution in [0.5, 0.6) is 0 Å². The molecule has 1 aliphatic rings. The minimum absolute atomic E-state index is 0.196. The van der Waals surface area contributed by atoms with E-state index >= 15 is 0 Å². The average Bonchev–Trinajstić information content (AvgIpc) is 2.76. The Bertz CT molecular complexity index is 304. The maximum Gasteiger partial charge on any atom is 0.333 e. The van der Waals surface area contributed by atoms with Gasteiger partial charge in [-0.2, -0.15) is 0 Å². The molecule has 0 unspecified atom stereocenters. The summed E-state index contributed by atoms with van der Waals surface area (Å²) in [6.45, 7) is 0. The monoisotopic (exact) mass is 226 g/mol. The second kappa shape index (κ2) is 6.30. The minimum Gasteiger partial charge on any atom is -0.469 e. The van der Waals surface area contributed by atoms with Crippen molar-refractivity contribution in [1.29, 1.82) is 0 Å². The standard InChI is InChI=1S/C12H18O4/c1-15-11(13)8-4-6-9-5-3-7-10(9)12(14)16-2/h3-8H2,1-2H3. The molecule has 0 amide bonds. The SMILES string of the molecule is COC(=O)CCCC1=C(C(=O)OC)CCC1. The molecule has 0 fully saturated rings. The lowest BCUT2D eigenvalue weighted by molar-refractivity contribution is -0.140. The maximum absolute atomic E-state index is 11.4. The predicted octanol–water partition coefficient (Wildman–Crippen LogP) is 1.98. The first-order chi connectivity index (χ1) is 7.69. The van der Waals surface area contributed by atoms with Crippen LogP contribution >= 0.6 is 0 Å². The minimum atomic E-state index is -0.217. The first-order valence-corrected chi connectivity index (χ1v) is 5.55. The number of hydrogen-bond donors (Lipinski definition) is 0. The van der Waals surface area contributed by atoms with Crippen LogP contribution in [0.4, 0.5) is 0 Å². The lowest BCUT2D eigenvalue weighted by Crippen LogP contribution is -2.05. The Kier molecular flexibility index (Phi) is 5.02. The summed E-state index contributed by atoms with van der Waals surface area (Å²) in [6, 6.07) is 0.